The first-order valence-electron chi connectivity index (χ1n) is 5.72. The molecule has 2 aromatic rings. The molecule has 94 valence electrons. The third kappa shape index (κ3) is 2.23. The highest BCUT2D eigenvalue weighted by Gasteiger charge is 2.28. The van der Waals surface area contributed by atoms with Crippen LogP contribution < -0.4 is 5.32 Å². The van der Waals surface area contributed by atoms with Crippen LogP contribution in [-0.4, -0.2) is 20.4 Å². The zero-order chi connectivity index (χ0) is 12.5. The molecule has 2 aromatic heterocycles. The van der Waals surface area contributed by atoms with Crippen molar-refractivity contribution < 1.29 is 4.79 Å². The molecule has 5 nitrogen and oxygen atoms in total. The van der Waals surface area contributed by atoms with Gasteiger partial charge in [0.25, 0.3) is 5.91 Å². The molecule has 0 aliphatic heterocycles. The molecule has 0 atom stereocenters. The minimum absolute atomic E-state index is 0.107. The number of hydrogen-bond acceptors (Lipinski definition) is 4. The van der Waals surface area contributed by atoms with Crippen LogP contribution in [0, 0.1) is 4.77 Å². The van der Waals surface area contributed by atoms with Gasteiger partial charge in [-0.1, -0.05) is 0 Å². The smallest absolute Gasteiger partial charge is 0.269 e. The standard InChI is InChI=1S/C11H12N4OS2/c16-10(13-6-9-12-3-4-18-9)8-5-14-11(17)15(8)7-1-2-7/h3-5,7H,1-2,6H2,(H,13,16)(H,14,17). The van der Waals surface area contributed by atoms with Crippen LogP contribution in [0.25, 0.3) is 0 Å². The van der Waals surface area contributed by atoms with Crippen LogP contribution in [0.4, 0.5) is 0 Å². The number of nitrogens with zero attached hydrogens (tertiary/aromatic N) is 2. The summed E-state index contributed by atoms with van der Waals surface area (Å²) in [5.74, 6) is -0.107. The van der Waals surface area contributed by atoms with Gasteiger partial charge in [-0.05, 0) is 25.1 Å². The van der Waals surface area contributed by atoms with Crippen molar-refractivity contribution >= 4 is 29.5 Å². The van der Waals surface area contributed by atoms with Gasteiger partial charge in [0.1, 0.15) is 10.7 Å². The average molecular weight is 280 g/mol. The van der Waals surface area contributed by atoms with Crippen molar-refractivity contribution in [1.29, 1.82) is 0 Å². The molecule has 1 aliphatic carbocycles. The molecule has 1 aliphatic rings. The van der Waals surface area contributed by atoms with E-state index in [9.17, 15) is 4.79 Å². The van der Waals surface area contributed by atoms with Crippen LogP contribution in [-0.2, 0) is 6.54 Å². The maximum Gasteiger partial charge on any atom is 0.269 e. The average Bonchev–Trinajstić information content (AvgIpc) is 2.91. The minimum atomic E-state index is -0.107. The second-order valence-electron chi connectivity index (χ2n) is 4.19. The van der Waals surface area contributed by atoms with Crippen LogP contribution in [0.3, 0.4) is 0 Å². The molecule has 1 saturated carbocycles. The molecule has 1 amide bonds. The third-order valence-electron chi connectivity index (χ3n) is 2.84. The predicted octanol–water partition coefficient (Wildman–Crippen LogP) is 2.27. The highest BCUT2D eigenvalue weighted by Crippen LogP contribution is 2.36. The molecule has 0 aromatic carbocycles. The van der Waals surface area contributed by atoms with Gasteiger partial charge >= 0.3 is 0 Å². The van der Waals surface area contributed by atoms with Crippen molar-refractivity contribution in [3.8, 4) is 0 Å². The number of carbonyl (C=O) groups is 1. The zero-order valence-electron chi connectivity index (χ0n) is 9.55. The van der Waals surface area contributed by atoms with E-state index in [1.54, 1.807) is 12.4 Å². The first kappa shape index (κ1) is 11.6. The lowest BCUT2D eigenvalue weighted by atomic mass is 10.4. The van der Waals surface area contributed by atoms with Crippen LogP contribution in [0.15, 0.2) is 17.8 Å². The minimum Gasteiger partial charge on any atom is -0.344 e. The van der Waals surface area contributed by atoms with Gasteiger partial charge < -0.3 is 14.9 Å². The number of imidazole rings is 1. The molecule has 7 heteroatoms. The summed E-state index contributed by atoms with van der Waals surface area (Å²) in [5.41, 5.74) is 0.610. The fraction of sp³-hybridized carbons (Fsp3) is 0.364. The monoisotopic (exact) mass is 280 g/mol. The predicted molar refractivity (Wildman–Crippen MR) is 71.2 cm³/mol. The van der Waals surface area contributed by atoms with Gasteiger partial charge in [0.2, 0.25) is 0 Å². The van der Waals surface area contributed by atoms with E-state index in [4.69, 9.17) is 12.2 Å². The van der Waals surface area contributed by atoms with Crippen LogP contribution in [0.1, 0.15) is 34.4 Å². The number of amides is 1. The number of rotatable bonds is 4. The van der Waals surface area contributed by atoms with Gasteiger partial charge in [-0.15, -0.1) is 11.3 Å². The molecule has 2 heterocycles. The number of aromatic nitrogens is 3. The van der Waals surface area contributed by atoms with Crippen LogP contribution >= 0.6 is 23.6 Å². The summed E-state index contributed by atoms with van der Waals surface area (Å²) in [6.07, 6.45) is 5.60. The molecular weight excluding hydrogens is 268 g/mol. The Balaban J connectivity index is 1.74. The maximum absolute atomic E-state index is 12.1. The molecule has 1 fully saturated rings. The van der Waals surface area contributed by atoms with E-state index in [1.165, 1.54) is 11.3 Å². The van der Waals surface area contributed by atoms with Crippen molar-refractivity contribution in [2.24, 2.45) is 0 Å². The zero-order valence-corrected chi connectivity index (χ0v) is 11.2. The summed E-state index contributed by atoms with van der Waals surface area (Å²) in [4.78, 5) is 19.1. The van der Waals surface area contributed by atoms with E-state index in [2.05, 4.69) is 15.3 Å². The largest absolute Gasteiger partial charge is 0.344 e. The number of aromatic amines is 1. The van der Waals surface area contributed by atoms with Crippen molar-refractivity contribution in [2.45, 2.75) is 25.4 Å². The van der Waals surface area contributed by atoms with Gasteiger partial charge in [-0.25, -0.2) is 4.98 Å². The second-order valence-corrected chi connectivity index (χ2v) is 5.55. The Hall–Kier alpha value is -1.47. The van der Waals surface area contributed by atoms with Crippen LogP contribution in [0.2, 0.25) is 0 Å². The number of H-pyrrole nitrogens is 1. The molecule has 0 spiro atoms. The van der Waals surface area contributed by atoms with E-state index >= 15 is 0 Å². The molecular formula is C11H12N4OS2. The Kier molecular flexibility index (Phi) is 3.00. The first-order chi connectivity index (χ1) is 8.75. The summed E-state index contributed by atoms with van der Waals surface area (Å²) in [5, 5.41) is 5.65. The third-order valence-corrected chi connectivity index (χ3v) is 3.93. The Morgan fingerprint density at radius 2 is 2.50 bits per heavy atom. The van der Waals surface area contributed by atoms with Crippen molar-refractivity contribution in [3.05, 3.63) is 33.2 Å². The first-order valence-corrected chi connectivity index (χ1v) is 7.01. The summed E-state index contributed by atoms with van der Waals surface area (Å²) in [7, 11) is 0. The van der Waals surface area contributed by atoms with Gasteiger partial charge in [-0.3, -0.25) is 4.79 Å². The Labute approximate surface area is 113 Å². The number of thiazole rings is 1. The van der Waals surface area contributed by atoms with Crippen molar-refractivity contribution in [3.63, 3.8) is 0 Å². The lowest BCUT2D eigenvalue weighted by Crippen LogP contribution is -2.25. The molecule has 0 radical (unpaired) electrons. The Morgan fingerprint density at radius 1 is 1.67 bits per heavy atom. The maximum atomic E-state index is 12.1. The lowest BCUT2D eigenvalue weighted by molar-refractivity contribution is 0.0941. The van der Waals surface area contributed by atoms with Gasteiger partial charge in [0.15, 0.2) is 4.77 Å². The Bertz CT molecular complexity index is 609. The molecule has 2 N–H and O–H groups in total. The van der Waals surface area contributed by atoms with Crippen molar-refractivity contribution in [2.75, 3.05) is 0 Å². The topological polar surface area (TPSA) is 62.7 Å². The highest BCUT2D eigenvalue weighted by molar-refractivity contribution is 7.71. The fourth-order valence-corrected chi connectivity index (χ4v) is 2.70. The second kappa shape index (κ2) is 4.66. The lowest BCUT2D eigenvalue weighted by Gasteiger charge is -2.06. The quantitative estimate of drug-likeness (QED) is 0.845. The van der Waals surface area contributed by atoms with E-state index in [0.717, 1.165) is 17.8 Å². The van der Waals surface area contributed by atoms with E-state index in [0.29, 0.717) is 23.1 Å². The number of carbonyl (C=O) groups excluding carboxylic acids is 1. The number of nitrogens with one attached hydrogen (secondary N) is 2. The molecule has 3 rings (SSSR count). The van der Waals surface area contributed by atoms with Crippen LogP contribution in [0.5, 0.6) is 0 Å². The molecule has 0 bridgehead atoms. The summed E-state index contributed by atoms with van der Waals surface area (Å²) >= 11 is 6.72. The Morgan fingerprint density at radius 3 is 3.17 bits per heavy atom. The molecule has 0 unspecified atom stereocenters. The summed E-state index contributed by atoms with van der Waals surface area (Å²) < 4.78 is 2.53. The van der Waals surface area contributed by atoms with Gasteiger partial charge in [0.05, 0.1) is 6.54 Å². The summed E-state index contributed by atoms with van der Waals surface area (Å²) in [6.45, 7) is 0.457. The van der Waals surface area contributed by atoms with E-state index < -0.39 is 0 Å². The fourth-order valence-electron chi connectivity index (χ4n) is 1.84. The SMILES string of the molecule is O=C(NCc1nccs1)c1c[nH]c(=S)n1C1CC1. The highest BCUT2D eigenvalue weighted by atomic mass is 32.1. The number of hydrogen-bond donors (Lipinski definition) is 2. The molecule has 18 heavy (non-hydrogen) atoms. The summed E-state index contributed by atoms with van der Waals surface area (Å²) in [6, 6.07) is 0.393. The molecule has 0 saturated heterocycles. The van der Waals surface area contributed by atoms with E-state index in [-0.39, 0.29) is 5.91 Å². The van der Waals surface area contributed by atoms with Crippen molar-refractivity contribution in [1.82, 2.24) is 19.9 Å². The van der Waals surface area contributed by atoms with Gasteiger partial charge in [-0.2, -0.15) is 0 Å². The normalized spacial score (nSPS) is 14.7. The van der Waals surface area contributed by atoms with E-state index in [1.807, 2.05) is 9.95 Å². The van der Waals surface area contributed by atoms with Gasteiger partial charge in [0, 0.05) is 23.8 Å².